The summed E-state index contributed by atoms with van der Waals surface area (Å²) in [5, 5.41) is 40.8. The van der Waals surface area contributed by atoms with Crippen LogP contribution in [0.5, 0.6) is 0 Å². The summed E-state index contributed by atoms with van der Waals surface area (Å²) in [6, 6.07) is 41.8. The zero-order chi connectivity index (χ0) is 71.5. The maximum atomic E-state index is 14.8. The number of nitrogens with zero attached hydrogens (tertiary/aromatic N) is 6. The molecule has 3 saturated heterocycles. The highest BCUT2D eigenvalue weighted by Gasteiger charge is 2.25. The summed E-state index contributed by atoms with van der Waals surface area (Å²) in [5.74, 6) is -2.11. The van der Waals surface area contributed by atoms with Crippen LogP contribution in [0.15, 0.2) is 196 Å². The SMILES string of the molecule is N=C(c1ccc(C(=O)Nc2ccccc2C(=O)Nc2ccc(Br)cn2)c(F)c1)N1CCCC1.N=C(c1ccc(C(=O)Nc2ccccc2C(=O)Nc2ccc(Br)cn2)c(F)c1)N1CCOCC1.N=C(c1ccc(C(=O)Nc2ccccc2C(=O)Nc2ccc(Br)cn2)c(F)c1)N1CCSCC1. The topological polar surface area (TPSA) is 304 Å². The molecule has 6 heterocycles. The van der Waals surface area contributed by atoms with Crippen LogP contribution in [0.1, 0.15) is 91.7 Å². The molecule has 3 aromatic heterocycles. The van der Waals surface area contributed by atoms with Crippen LogP contribution in [-0.4, -0.2) is 147 Å². The number of thioether (sulfide) groups is 1. The second-order valence-electron chi connectivity index (χ2n) is 22.5. The number of morpholine rings is 1. The molecule has 3 fully saturated rings. The molecule has 22 nitrogen and oxygen atoms in total. The number of likely N-dealkylation sites (tertiary alicyclic amines) is 1. The molecule has 3 aliphatic heterocycles. The average Bonchev–Trinajstić information content (AvgIpc) is 0.900. The first-order chi connectivity index (χ1) is 48.8. The van der Waals surface area contributed by atoms with Crippen LogP contribution in [-0.2, 0) is 4.74 Å². The molecule has 6 amide bonds. The van der Waals surface area contributed by atoms with Crippen molar-refractivity contribution >= 4 is 147 Å². The summed E-state index contributed by atoms with van der Waals surface area (Å²) in [6.07, 6.45) is 6.68. The largest absolute Gasteiger partial charge is 0.378 e. The molecule has 3 aliphatic rings. The number of hydrogen-bond donors (Lipinski definition) is 9. The fourth-order valence-electron chi connectivity index (χ4n) is 10.4. The Morgan fingerprint density at radius 1 is 0.376 bits per heavy atom. The third-order valence-electron chi connectivity index (χ3n) is 15.7. The third-order valence-corrected chi connectivity index (χ3v) is 18.1. The van der Waals surface area contributed by atoms with Crippen molar-refractivity contribution in [3.63, 3.8) is 0 Å². The Balaban J connectivity index is 0.000000163. The monoisotopic (exact) mass is 1580 g/mol. The highest BCUT2D eigenvalue weighted by atomic mass is 79.9. The van der Waals surface area contributed by atoms with Gasteiger partial charge in [-0.1, -0.05) is 54.6 Å². The van der Waals surface area contributed by atoms with Crippen LogP contribution in [0.25, 0.3) is 0 Å². The Morgan fingerprint density at radius 2 is 0.673 bits per heavy atom. The molecule has 12 rings (SSSR count). The van der Waals surface area contributed by atoms with Crippen molar-refractivity contribution < 1.29 is 46.7 Å². The maximum absolute atomic E-state index is 14.8. The minimum Gasteiger partial charge on any atom is -0.378 e. The quantitative estimate of drug-likeness (QED) is 0.0341. The summed E-state index contributed by atoms with van der Waals surface area (Å²) in [4.78, 5) is 94.6. The smallest absolute Gasteiger partial charge is 0.258 e. The molecule has 516 valence electrons. The Kier molecular flexibility index (Phi) is 25.4. The molecule has 29 heteroatoms. The van der Waals surface area contributed by atoms with Gasteiger partial charge in [-0.3, -0.25) is 45.0 Å². The van der Waals surface area contributed by atoms with Crippen molar-refractivity contribution in [3.8, 4) is 0 Å². The first-order valence-electron chi connectivity index (χ1n) is 31.3. The van der Waals surface area contributed by atoms with Crippen LogP contribution < -0.4 is 31.9 Å². The predicted octanol–water partition coefficient (Wildman–Crippen LogP) is 13.9. The number of aromatic nitrogens is 3. The number of amidine groups is 3. The average molecular weight is 1580 g/mol. The maximum Gasteiger partial charge on any atom is 0.258 e. The Labute approximate surface area is 607 Å². The van der Waals surface area contributed by atoms with Crippen LogP contribution in [0, 0.1) is 33.7 Å². The lowest BCUT2D eigenvalue weighted by atomic mass is 10.1. The lowest BCUT2D eigenvalue weighted by molar-refractivity contribution is 0.0679. The van der Waals surface area contributed by atoms with Crippen LogP contribution in [0.4, 0.5) is 47.7 Å². The summed E-state index contributed by atoms with van der Waals surface area (Å²) >= 11 is 11.7. The highest BCUT2D eigenvalue weighted by molar-refractivity contribution is 9.11. The number of para-hydroxylation sites is 3. The van der Waals surface area contributed by atoms with Crippen molar-refractivity contribution in [2.24, 2.45) is 0 Å². The van der Waals surface area contributed by atoms with E-state index in [1.54, 1.807) is 145 Å². The van der Waals surface area contributed by atoms with E-state index in [1.165, 1.54) is 42.5 Å². The fraction of sp³-hybridized carbons (Fsp3) is 0.167. The second-order valence-corrected chi connectivity index (χ2v) is 26.4. The summed E-state index contributed by atoms with van der Waals surface area (Å²) in [7, 11) is 0. The lowest BCUT2D eigenvalue weighted by Gasteiger charge is -2.29. The molecule has 101 heavy (non-hydrogen) atoms. The predicted molar refractivity (Wildman–Crippen MR) is 395 cm³/mol. The number of hydrogen-bond acceptors (Lipinski definition) is 14. The zero-order valence-corrected chi connectivity index (χ0v) is 59.1. The summed E-state index contributed by atoms with van der Waals surface area (Å²) in [6.45, 7) is 5.15. The number of rotatable bonds is 15. The molecule has 0 atom stereocenters. The third kappa shape index (κ3) is 19.7. The van der Waals surface area contributed by atoms with Gasteiger partial charge in [-0.2, -0.15) is 11.8 Å². The molecule has 0 aliphatic carbocycles. The molecule has 0 saturated carbocycles. The molecular weight excluding hydrogens is 1520 g/mol. The van der Waals surface area contributed by atoms with E-state index in [1.807, 2.05) is 21.6 Å². The van der Waals surface area contributed by atoms with Gasteiger partial charge in [-0.15, -0.1) is 0 Å². The summed E-state index contributed by atoms with van der Waals surface area (Å²) in [5.41, 5.74) is 2.02. The minimum absolute atomic E-state index is 0.169. The number of amides is 6. The van der Waals surface area contributed by atoms with E-state index in [4.69, 9.17) is 21.0 Å². The van der Waals surface area contributed by atoms with Gasteiger partial charge in [0.15, 0.2) is 0 Å². The van der Waals surface area contributed by atoms with Crippen molar-refractivity contribution in [2.45, 2.75) is 12.8 Å². The molecule has 6 aromatic carbocycles. The molecule has 0 spiro atoms. The number of benzene rings is 6. The van der Waals surface area contributed by atoms with Crippen LogP contribution in [0.3, 0.4) is 0 Å². The first kappa shape index (κ1) is 73.3. The van der Waals surface area contributed by atoms with Gasteiger partial charge < -0.3 is 51.3 Å². The van der Waals surface area contributed by atoms with Gasteiger partial charge in [0.25, 0.3) is 35.4 Å². The number of halogens is 6. The molecular formula is C72H63Br3F3N15O7S. The van der Waals surface area contributed by atoms with Crippen molar-refractivity contribution in [1.29, 1.82) is 16.2 Å². The van der Waals surface area contributed by atoms with E-state index in [0.29, 0.717) is 60.4 Å². The first-order valence-corrected chi connectivity index (χ1v) is 34.9. The highest BCUT2D eigenvalue weighted by Crippen LogP contribution is 2.26. The van der Waals surface area contributed by atoms with Gasteiger partial charge in [0.1, 0.15) is 52.4 Å². The fourth-order valence-corrected chi connectivity index (χ4v) is 12.0. The molecule has 0 unspecified atom stereocenters. The van der Waals surface area contributed by atoms with E-state index in [2.05, 4.69) is 94.6 Å². The number of ether oxygens (including phenoxy) is 1. The van der Waals surface area contributed by atoms with Crippen LogP contribution in [0.2, 0.25) is 0 Å². The van der Waals surface area contributed by atoms with Gasteiger partial charge in [0.05, 0.1) is 63.7 Å². The number of carbonyl (C=O) groups is 6. The van der Waals surface area contributed by atoms with E-state index in [-0.39, 0.29) is 67.9 Å². The standard InChI is InChI=1S/C24H21BrFN5O3.C24H21BrFN5O2S.C24H21BrFN5O2/c2*25-16-6-8-21(28-14-16)30-24(33)18-3-1-2-4-20(18)29-23(32)17-7-5-15(13-19(17)26)22(27)31-9-11-34-12-10-31;25-16-8-10-21(28-14-16)30-24(33)18-5-1-2-6-20(18)29-23(32)17-9-7-15(13-19(17)26)22(27)31-11-3-4-12-31/h2*1-8,13-14,27H,9-12H2,(H,29,32)(H,28,30,33);1-2,5-10,13-14,27H,3-4,11-12H2,(H,29,32)(H,28,30,33). The second kappa shape index (κ2) is 35.0. The van der Waals surface area contributed by atoms with Crippen molar-refractivity contribution in [1.82, 2.24) is 29.7 Å². The normalized spacial score (nSPS) is 13.2. The lowest BCUT2D eigenvalue weighted by Crippen LogP contribution is -2.40. The molecule has 0 bridgehead atoms. The van der Waals surface area contributed by atoms with Crippen molar-refractivity contribution in [3.05, 3.63) is 263 Å². The number of carbonyl (C=O) groups excluding carboxylic acids is 6. The Bertz CT molecular complexity index is 4390. The Morgan fingerprint density at radius 3 is 0.980 bits per heavy atom. The van der Waals surface area contributed by atoms with Gasteiger partial charge in [0, 0.05) is 99.5 Å². The molecule has 9 N–H and O–H groups in total. The van der Waals surface area contributed by atoms with Gasteiger partial charge in [0.2, 0.25) is 0 Å². The number of anilines is 6. The zero-order valence-electron chi connectivity index (χ0n) is 53.5. The van der Waals surface area contributed by atoms with E-state index in [0.717, 1.165) is 63.9 Å². The van der Waals surface area contributed by atoms with E-state index >= 15 is 0 Å². The molecule has 9 aromatic rings. The van der Waals surface area contributed by atoms with Gasteiger partial charge in [-0.05, 0) is 170 Å². The minimum atomic E-state index is -0.756. The van der Waals surface area contributed by atoms with Gasteiger partial charge >= 0.3 is 0 Å². The van der Waals surface area contributed by atoms with E-state index < -0.39 is 52.9 Å². The number of nitrogens with one attached hydrogen (secondary N) is 9. The molecule has 0 radical (unpaired) electrons. The number of pyridine rings is 3. The van der Waals surface area contributed by atoms with Crippen molar-refractivity contribution in [2.75, 3.05) is 95.9 Å². The van der Waals surface area contributed by atoms with Crippen LogP contribution >= 0.6 is 59.6 Å². The van der Waals surface area contributed by atoms with Gasteiger partial charge in [-0.25, -0.2) is 28.1 Å². The van der Waals surface area contributed by atoms with E-state index in [9.17, 15) is 41.9 Å². The summed E-state index contributed by atoms with van der Waals surface area (Å²) < 4.78 is 52.0. The Hall–Kier alpha value is -10.5.